The molecule has 2 aromatic heterocycles. The normalized spacial score (nSPS) is 18.9. The standard InChI is InChI=1S/C16H19N3O2/c20-9-6-13-5-1-2-8-19(13)16(21)14-11-17-10-12-4-3-7-18-15(12)14/h3-4,7,10-11,13,20H,1-2,5-6,8-9H2. The number of carbonyl (C=O) groups is 1. The van der Waals surface area contributed by atoms with E-state index < -0.39 is 0 Å². The molecule has 1 saturated heterocycles. The van der Waals surface area contributed by atoms with Gasteiger partial charge in [0.25, 0.3) is 5.91 Å². The molecule has 1 atom stereocenters. The van der Waals surface area contributed by atoms with Gasteiger partial charge in [0.2, 0.25) is 0 Å². The van der Waals surface area contributed by atoms with Gasteiger partial charge in [-0.3, -0.25) is 14.8 Å². The number of fused-ring (bicyclic) bond motifs is 1. The minimum Gasteiger partial charge on any atom is -0.396 e. The summed E-state index contributed by atoms with van der Waals surface area (Å²) in [7, 11) is 0. The van der Waals surface area contributed by atoms with E-state index in [0.29, 0.717) is 17.5 Å². The summed E-state index contributed by atoms with van der Waals surface area (Å²) in [5.41, 5.74) is 1.25. The Morgan fingerprint density at radius 3 is 3.14 bits per heavy atom. The maximum atomic E-state index is 12.9. The molecular weight excluding hydrogens is 266 g/mol. The van der Waals surface area contributed by atoms with Crippen LogP contribution in [0.15, 0.2) is 30.7 Å². The molecule has 1 aliphatic heterocycles. The summed E-state index contributed by atoms with van der Waals surface area (Å²) >= 11 is 0. The summed E-state index contributed by atoms with van der Waals surface area (Å²) in [6.07, 6.45) is 8.73. The molecule has 1 fully saturated rings. The van der Waals surface area contributed by atoms with Gasteiger partial charge in [0, 0.05) is 43.2 Å². The van der Waals surface area contributed by atoms with E-state index in [1.165, 1.54) is 0 Å². The lowest BCUT2D eigenvalue weighted by Crippen LogP contribution is -2.44. The van der Waals surface area contributed by atoms with Gasteiger partial charge in [-0.25, -0.2) is 0 Å². The molecule has 21 heavy (non-hydrogen) atoms. The SMILES string of the molecule is O=C(c1cncc2cccnc12)N1CCCCC1CCO. The van der Waals surface area contributed by atoms with Crippen LogP contribution in [-0.4, -0.2) is 45.1 Å². The summed E-state index contributed by atoms with van der Waals surface area (Å²) in [4.78, 5) is 23.2. The number of likely N-dealkylation sites (tertiary alicyclic amines) is 1. The number of carbonyl (C=O) groups excluding carboxylic acids is 1. The van der Waals surface area contributed by atoms with Gasteiger partial charge in [-0.05, 0) is 37.8 Å². The summed E-state index contributed by atoms with van der Waals surface area (Å²) in [6, 6.07) is 3.87. The van der Waals surface area contributed by atoms with E-state index in [1.54, 1.807) is 18.6 Å². The van der Waals surface area contributed by atoms with Gasteiger partial charge < -0.3 is 10.0 Å². The quantitative estimate of drug-likeness (QED) is 0.936. The third-order valence-corrected chi connectivity index (χ3v) is 4.09. The minimum atomic E-state index is -0.0232. The second kappa shape index (κ2) is 6.18. The van der Waals surface area contributed by atoms with E-state index in [4.69, 9.17) is 0 Å². The number of rotatable bonds is 3. The van der Waals surface area contributed by atoms with Crippen molar-refractivity contribution in [1.82, 2.24) is 14.9 Å². The fourth-order valence-corrected chi connectivity index (χ4v) is 3.03. The zero-order chi connectivity index (χ0) is 14.7. The molecule has 0 saturated carbocycles. The lowest BCUT2D eigenvalue weighted by molar-refractivity contribution is 0.0576. The van der Waals surface area contributed by atoms with Crippen molar-refractivity contribution in [3.8, 4) is 0 Å². The lowest BCUT2D eigenvalue weighted by Gasteiger charge is -2.35. The molecule has 3 heterocycles. The number of amides is 1. The topological polar surface area (TPSA) is 66.3 Å². The third-order valence-electron chi connectivity index (χ3n) is 4.09. The van der Waals surface area contributed by atoms with Gasteiger partial charge in [0.1, 0.15) is 0 Å². The number of aromatic nitrogens is 2. The number of aliphatic hydroxyl groups excluding tert-OH is 1. The van der Waals surface area contributed by atoms with Crippen LogP contribution in [0.5, 0.6) is 0 Å². The van der Waals surface area contributed by atoms with Gasteiger partial charge in [0.05, 0.1) is 11.1 Å². The smallest absolute Gasteiger partial charge is 0.257 e. The first kappa shape index (κ1) is 13.9. The molecular formula is C16H19N3O2. The third kappa shape index (κ3) is 2.74. The first-order valence-corrected chi connectivity index (χ1v) is 7.42. The van der Waals surface area contributed by atoms with Crippen molar-refractivity contribution in [3.05, 3.63) is 36.3 Å². The van der Waals surface area contributed by atoms with E-state index in [-0.39, 0.29) is 18.6 Å². The van der Waals surface area contributed by atoms with Crippen LogP contribution in [0, 0.1) is 0 Å². The second-order valence-electron chi connectivity index (χ2n) is 5.42. The van der Waals surface area contributed by atoms with Crippen molar-refractivity contribution in [1.29, 1.82) is 0 Å². The number of hydrogen-bond donors (Lipinski definition) is 1. The molecule has 0 radical (unpaired) electrons. The fourth-order valence-electron chi connectivity index (χ4n) is 3.03. The zero-order valence-corrected chi connectivity index (χ0v) is 11.9. The Balaban J connectivity index is 1.95. The fraction of sp³-hybridized carbons (Fsp3) is 0.438. The van der Waals surface area contributed by atoms with Crippen LogP contribution in [0.3, 0.4) is 0 Å². The average molecular weight is 285 g/mol. The van der Waals surface area contributed by atoms with E-state index in [9.17, 15) is 9.90 Å². The summed E-state index contributed by atoms with van der Waals surface area (Å²) in [5, 5.41) is 10.1. The number of hydrogen-bond acceptors (Lipinski definition) is 4. The van der Waals surface area contributed by atoms with Crippen molar-refractivity contribution in [2.75, 3.05) is 13.2 Å². The number of aliphatic hydroxyl groups is 1. The lowest BCUT2D eigenvalue weighted by atomic mass is 9.98. The minimum absolute atomic E-state index is 0.0232. The first-order valence-electron chi connectivity index (χ1n) is 7.42. The Kier molecular flexibility index (Phi) is 4.10. The van der Waals surface area contributed by atoms with Gasteiger partial charge in [-0.1, -0.05) is 0 Å². The second-order valence-corrected chi connectivity index (χ2v) is 5.42. The van der Waals surface area contributed by atoms with E-state index in [1.807, 2.05) is 17.0 Å². The van der Waals surface area contributed by atoms with Gasteiger partial charge >= 0.3 is 0 Å². The Morgan fingerprint density at radius 1 is 1.38 bits per heavy atom. The molecule has 1 N–H and O–H groups in total. The van der Waals surface area contributed by atoms with Crippen molar-refractivity contribution in [2.24, 2.45) is 0 Å². The molecule has 5 nitrogen and oxygen atoms in total. The van der Waals surface area contributed by atoms with E-state index >= 15 is 0 Å². The van der Waals surface area contributed by atoms with Crippen LogP contribution < -0.4 is 0 Å². The molecule has 1 amide bonds. The van der Waals surface area contributed by atoms with Crippen LogP contribution in [-0.2, 0) is 0 Å². The number of nitrogens with zero attached hydrogens (tertiary/aromatic N) is 3. The molecule has 0 spiro atoms. The van der Waals surface area contributed by atoms with Crippen molar-refractivity contribution < 1.29 is 9.90 Å². The van der Waals surface area contributed by atoms with Crippen molar-refractivity contribution in [3.63, 3.8) is 0 Å². The first-order chi connectivity index (χ1) is 10.3. The molecule has 0 aromatic carbocycles. The Bertz CT molecular complexity index is 637. The molecule has 3 rings (SSSR count). The highest BCUT2D eigenvalue weighted by Gasteiger charge is 2.28. The van der Waals surface area contributed by atoms with Gasteiger partial charge in [0.15, 0.2) is 0 Å². The zero-order valence-electron chi connectivity index (χ0n) is 11.9. The van der Waals surface area contributed by atoms with Gasteiger partial charge in [-0.2, -0.15) is 0 Å². The molecule has 0 aliphatic carbocycles. The highest BCUT2D eigenvalue weighted by Crippen LogP contribution is 2.24. The van der Waals surface area contributed by atoms with Crippen LogP contribution in [0.2, 0.25) is 0 Å². The monoisotopic (exact) mass is 285 g/mol. The predicted molar refractivity (Wildman–Crippen MR) is 79.9 cm³/mol. The van der Waals surface area contributed by atoms with Crippen LogP contribution in [0.25, 0.3) is 10.9 Å². The number of piperidine rings is 1. The molecule has 2 aromatic rings. The maximum Gasteiger partial charge on any atom is 0.257 e. The highest BCUT2D eigenvalue weighted by molar-refractivity contribution is 6.05. The van der Waals surface area contributed by atoms with E-state index in [0.717, 1.165) is 31.2 Å². The Labute approximate surface area is 123 Å². The average Bonchev–Trinajstić information content (AvgIpc) is 2.54. The maximum absolute atomic E-state index is 12.9. The Hall–Kier alpha value is -2.01. The summed E-state index contributed by atoms with van der Waals surface area (Å²) in [5.74, 6) is -0.0232. The highest BCUT2D eigenvalue weighted by atomic mass is 16.3. The van der Waals surface area contributed by atoms with Crippen LogP contribution in [0.4, 0.5) is 0 Å². The summed E-state index contributed by atoms with van der Waals surface area (Å²) < 4.78 is 0. The molecule has 1 aliphatic rings. The van der Waals surface area contributed by atoms with Crippen LogP contribution >= 0.6 is 0 Å². The summed E-state index contributed by atoms with van der Waals surface area (Å²) in [6.45, 7) is 0.854. The van der Waals surface area contributed by atoms with Crippen molar-refractivity contribution >= 4 is 16.8 Å². The van der Waals surface area contributed by atoms with E-state index in [2.05, 4.69) is 9.97 Å². The van der Waals surface area contributed by atoms with Crippen molar-refractivity contribution in [2.45, 2.75) is 31.7 Å². The van der Waals surface area contributed by atoms with Crippen LogP contribution in [0.1, 0.15) is 36.0 Å². The Morgan fingerprint density at radius 2 is 2.29 bits per heavy atom. The largest absolute Gasteiger partial charge is 0.396 e. The molecule has 1 unspecified atom stereocenters. The molecule has 110 valence electrons. The van der Waals surface area contributed by atoms with Gasteiger partial charge in [-0.15, -0.1) is 0 Å². The molecule has 5 heteroatoms. The number of pyridine rings is 2. The molecule has 0 bridgehead atoms. The predicted octanol–water partition coefficient (Wildman–Crippen LogP) is 2.01.